The first-order valence-corrected chi connectivity index (χ1v) is 5.65. The lowest BCUT2D eigenvalue weighted by molar-refractivity contribution is -0.892. The molecule has 0 atom stereocenters. The molecule has 0 saturated heterocycles. The van der Waals surface area contributed by atoms with Gasteiger partial charge in [-0.05, 0) is 18.8 Å². The average molecular weight is 210 g/mol. The number of aromatic nitrogens is 1. The molecule has 1 aromatic rings. The molecule has 1 fully saturated rings. The lowest BCUT2D eigenvalue weighted by Crippen LogP contribution is -2.44. The fourth-order valence-electron chi connectivity index (χ4n) is 2.03. The van der Waals surface area contributed by atoms with Crippen molar-refractivity contribution in [3.63, 3.8) is 0 Å². The van der Waals surface area contributed by atoms with Crippen molar-refractivity contribution in [3.8, 4) is 0 Å². The molecular formula is C12H17FNO+. The van der Waals surface area contributed by atoms with Crippen LogP contribution in [0.25, 0.3) is 0 Å². The van der Waals surface area contributed by atoms with Crippen LogP contribution in [0, 0.1) is 11.7 Å². The molecule has 0 aliphatic heterocycles. The van der Waals surface area contributed by atoms with Gasteiger partial charge >= 0.3 is 0 Å². The molecule has 2 rings (SSSR count). The summed E-state index contributed by atoms with van der Waals surface area (Å²) in [7, 11) is 0. The summed E-state index contributed by atoms with van der Waals surface area (Å²) in [6.07, 6.45) is 9.75. The summed E-state index contributed by atoms with van der Waals surface area (Å²) in [5.41, 5.74) is 0. The SMILES string of the molecule is Fc1cc[n+](OCC2CCCCC2)cc1. The molecule has 1 saturated carbocycles. The highest BCUT2D eigenvalue weighted by molar-refractivity contribution is 4.88. The Labute approximate surface area is 89.6 Å². The van der Waals surface area contributed by atoms with Gasteiger partial charge in [0.2, 0.25) is 12.4 Å². The fraction of sp³-hybridized carbons (Fsp3) is 0.583. The Hall–Kier alpha value is -1.12. The summed E-state index contributed by atoms with van der Waals surface area (Å²) in [6, 6.07) is 2.81. The summed E-state index contributed by atoms with van der Waals surface area (Å²) in [6.45, 7) is 0.746. The van der Waals surface area contributed by atoms with E-state index in [-0.39, 0.29) is 5.82 Å². The van der Waals surface area contributed by atoms with Gasteiger partial charge < -0.3 is 0 Å². The molecule has 1 aromatic heterocycles. The van der Waals surface area contributed by atoms with Gasteiger partial charge in [-0.25, -0.2) is 4.39 Å². The highest BCUT2D eigenvalue weighted by Gasteiger charge is 2.16. The van der Waals surface area contributed by atoms with Crippen LogP contribution in [0.4, 0.5) is 4.39 Å². The maximum atomic E-state index is 12.6. The highest BCUT2D eigenvalue weighted by atomic mass is 19.1. The standard InChI is InChI=1S/C12H17FNO/c13-12-6-8-14(9-7-12)15-10-11-4-2-1-3-5-11/h6-9,11H,1-5,10H2/q+1. The van der Waals surface area contributed by atoms with Crippen LogP contribution in [0.15, 0.2) is 24.5 Å². The Kier molecular flexibility index (Phi) is 3.54. The normalized spacial score (nSPS) is 17.7. The molecule has 2 nitrogen and oxygen atoms in total. The zero-order valence-corrected chi connectivity index (χ0v) is 8.86. The number of hydrogen-bond acceptors (Lipinski definition) is 1. The molecule has 0 bridgehead atoms. The average Bonchev–Trinajstić information content (AvgIpc) is 2.30. The Morgan fingerprint density at radius 1 is 1.20 bits per heavy atom. The van der Waals surface area contributed by atoms with E-state index in [4.69, 9.17) is 4.84 Å². The summed E-state index contributed by atoms with van der Waals surface area (Å²) < 4.78 is 14.2. The van der Waals surface area contributed by atoms with Crippen LogP contribution in [0.3, 0.4) is 0 Å². The van der Waals surface area contributed by atoms with Gasteiger partial charge in [-0.15, -0.1) is 0 Å². The number of hydrogen-bond donors (Lipinski definition) is 0. The second-order valence-corrected chi connectivity index (χ2v) is 4.18. The lowest BCUT2D eigenvalue weighted by Gasteiger charge is -2.18. The lowest BCUT2D eigenvalue weighted by atomic mass is 9.90. The zero-order chi connectivity index (χ0) is 10.5. The molecule has 3 heteroatoms. The van der Waals surface area contributed by atoms with Crippen molar-refractivity contribution in [2.45, 2.75) is 32.1 Å². The minimum Gasteiger partial charge on any atom is -0.271 e. The molecule has 1 heterocycles. The third kappa shape index (κ3) is 3.18. The smallest absolute Gasteiger partial charge is 0.225 e. The summed E-state index contributed by atoms with van der Waals surface area (Å²) >= 11 is 0. The van der Waals surface area contributed by atoms with Gasteiger partial charge in [-0.1, -0.05) is 19.3 Å². The topological polar surface area (TPSA) is 13.1 Å². The number of halogens is 1. The molecule has 0 spiro atoms. The number of nitrogens with zero attached hydrogens (tertiary/aromatic N) is 1. The van der Waals surface area contributed by atoms with Crippen LogP contribution in [-0.2, 0) is 0 Å². The number of rotatable bonds is 3. The second kappa shape index (κ2) is 5.10. The predicted molar refractivity (Wildman–Crippen MR) is 54.6 cm³/mol. The van der Waals surface area contributed by atoms with Crippen molar-refractivity contribution in [1.29, 1.82) is 0 Å². The maximum absolute atomic E-state index is 12.6. The number of pyridine rings is 1. The molecule has 0 unspecified atom stereocenters. The van der Waals surface area contributed by atoms with E-state index < -0.39 is 0 Å². The maximum Gasteiger partial charge on any atom is 0.225 e. The molecule has 82 valence electrons. The largest absolute Gasteiger partial charge is 0.271 e. The van der Waals surface area contributed by atoms with E-state index in [1.54, 1.807) is 17.1 Å². The van der Waals surface area contributed by atoms with E-state index in [0.717, 1.165) is 6.61 Å². The minimum absolute atomic E-state index is 0.229. The van der Waals surface area contributed by atoms with Crippen molar-refractivity contribution in [1.82, 2.24) is 0 Å². The summed E-state index contributed by atoms with van der Waals surface area (Å²) in [5.74, 6) is 0.448. The van der Waals surface area contributed by atoms with Gasteiger partial charge in [0.05, 0.1) is 0 Å². The predicted octanol–water partition coefficient (Wildman–Crippen LogP) is 2.12. The van der Waals surface area contributed by atoms with Gasteiger partial charge in [0.1, 0.15) is 5.82 Å². The molecule has 0 aromatic carbocycles. The van der Waals surface area contributed by atoms with Crippen molar-refractivity contribution < 1.29 is 14.0 Å². The van der Waals surface area contributed by atoms with Gasteiger partial charge in [0.15, 0.2) is 6.61 Å². The van der Waals surface area contributed by atoms with Crippen LogP contribution in [-0.4, -0.2) is 6.61 Å². The summed E-state index contributed by atoms with van der Waals surface area (Å²) in [4.78, 5) is 5.55. The fourth-order valence-corrected chi connectivity index (χ4v) is 2.03. The quantitative estimate of drug-likeness (QED) is 0.696. The van der Waals surface area contributed by atoms with Crippen LogP contribution in [0.5, 0.6) is 0 Å². The third-order valence-electron chi connectivity index (χ3n) is 2.95. The van der Waals surface area contributed by atoms with E-state index in [2.05, 4.69) is 0 Å². The molecule has 0 N–H and O–H groups in total. The monoisotopic (exact) mass is 210 g/mol. The molecule has 1 aliphatic carbocycles. The first kappa shape index (κ1) is 10.4. The van der Waals surface area contributed by atoms with Crippen LogP contribution in [0.2, 0.25) is 0 Å². The summed E-state index contributed by atoms with van der Waals surface area (Å²) in [5, 5.41) is 0. The van der Waals surface area contributed by atoms with E-state index in [9.17, 15) is 4.39 Å². The molecule has 0 radical (unpaired) electrons. The molecular weight excluding hydrogens is 193 g/mol. The third-order valence-corrected chi connectivity index (χ3v) is 2.95. The van der Waals surface area contributed by atoms with E-state index in [1.165, 1.54) is 44.2 Å². The second-order valence-electron chi connectivity index (χ2n) is 4.18. The first-order chi connectivity index (χ1) is 7.34. The van der Waals surface area contributed by atoms with E-state index >= 15 is 0 Å². The first-order valence-electron chi connectivity index (χ1n) is 5.65. The Morgan fingerprint density at radius 2 is 1.87 bits per heavy atom. The van der Waals surface area contributed by atoms with Crippen molar-refractivity contribution in [3.05, 3.63) is 30.3 Å². The van der Waals surface area contributed by atoms with Gasteiger partial charge in [-0.3, -0.25) is 4.84 Å². The van der Waals surface area contributed by atoms with Gasteiger partial charge in [0.25, 0.3) is 0 Å². The Morgan fingerprint density at radius 3 is 2.53 bits per heavy atom. The van der Waals surface area contributed by atoms with E-state index in [1.807, 2.05) is 0 Å². The van der Waals surface area contributed by atoms with Crippen molar-refractivity contribution in [2.24, 2.45) is 5.92 Å². The van der Waals surface area contributed by atoms with Crippen molar-refractivity contribution >= 4 is 0 Å². The van der Waals surface area contributed by atoms with Crippen molar-refractivity contribution in [2.75, 3.05) is 6.61 Å². The van der Waals surface area contributed by atoms with Crippen LogP contribution in [0.1, 0.15) is 32.1 Å². The molecule has 15 heavy (non-hydrogen) atoms. The Bertz CT molecular complexity index is 293. The van der Waals surface area contributed by atoms with Gasteiger partial charge in [-0.2, -0.15) is 0 Å². The Balaban J connectivity index is 1.79. The van der Waals surface area contributed by atoms with E-state index in [0.29, 0.717) is 5.92 Å². The van der Waals surface area contributed by atoms with Crippen LogP contribution >= 0.6 is 0 Å². The minimum atomic E-state index is -0.229. The zero-order valence-electron chi connectivity index (χ0n) is 8.86. The van der Waals surface area contributed by atoms with Gasteiger partial charge in [0, 0.05) is 16.9 Å². The van der Waals surface area contributed by atoms with Crippen LogP contribution < -0.4 is 9.57 Å². The molecule has 1 aliphatic rings. The highest BCUT2D eigenvalue weighted by Crippen LogP contribution is 2.22. The molecule has 0 amide bonds.